The summed E-state index contributed by atoms with van der Waals surface area (Å²) in [4.78, 5) is 18.3. The van der Waals surface area contributed by atoms with Gasteiger partial charge in [-0.3, -0.25) is 4.79 Å². The second-order valence-electron chi connectivity index (χ2n) is 5.69. The number of benzene rings is 2. The molecule has 0 aliphatic rings. The van der Waals surface area contributed by atoms with Crippen LogP contribution in [0.2, 0.25) is 0 Å². The number of rotatable bonds is 5. The molecule has 0 aliphatic carbocycles. The molecule has 0 aliphatic heterocycles. The molecule has 6 heteroatoms. The van der Waals surface area contributed by atoms with Gasteiger partial charge in [-0.2, -0.15) is 5.10 Å². The maximum absolute atomic E-state index is 12.8. The van der Waals surface area contributed by atoms with Gasteiger partial charge in [0.15, 0.2) is 0 Å². The van der Waals surface area contributed by atoms with Crippen LogP contribution in [0.3, 0.4) is 0 Å². The Labute approximate surface area is 152 Å². The summed E-state index contributed by atoms with van der Waals surface area (Å²) < 4.78 is 7.02. The number of hydrogen-bond donors (Lipinski definition) is 0. The van der Waals surface area contributed by atoms with Crippen LogP contribution in [0.25, 0.3) is 5.69 Å². The Morgan fingerprint density at radius 1 is 1.27 bits per heavy atom. The van der Waals surface area contributed by atoms with Gasteiger partial charge >= 0.3 is 0 Å². The maximum Gasteiger partial charge on any atom is 0.258 e. The average Bonchev–Trinajstić information content (AvgIpc) is 3.20. The van der Waals surface area contributed by atoms with E-state index in [1.54, 1.807) is 41.2 Å². The number of anilines is 1. The molecule has 1 aromatic heterocycles. The Morgan fingerprint density at radius 3 is 2.65 bits per heavy atom. The van der Waals surface area contributed by atoms with Crippen LogP contribution < -0.4 is 9.64 Å². The highest BCUT2D eigenvalue weighted by Gasteiger charge is 2.15. The third kappa shape index (κ3) is 3.57. The van der Waals surface area contributed by atoms with Crippen molar-refractivity contribution in [2.45, 2.75) is 6.92 Å². The molecule has 0 saturated heterocycles. The molecule has 0 saturated carbocycles. The summed E-state index contributed by atoms with van der Waals surface area (Å²) in [5, 5.41) is 4.12. The number of carbonyl (C=O) groups excluding carboxylic acids is 1. The van der Waals surface area contributed by atoms with Crippen LogP contribution in [0.15, 0.2) is 55.1 Å². The standard InChI is InChI=1S/C20H18N4O2/c1-4-11-26-18-8-6-17(7-9-18)23(3)20(25)16-5-10-19(15(2)12-16)24-14-21-13-22-24/h1,5-10,12-14H,11H2,2-3H3. The molecule has 3 rings (SSSR count). The maximum atomic E-state index is 12.8. The van der Waals surface area contributed by atoms with E-state index in [1.807, 2.05) is 31.2 Å². The van der Waals surface area contributed by atoms with Crippen molar-refractivity contribution in [1.29, 1.82) is 0 Å². The lowest BCUT2D eigenvalue weighted by Gasteiger charge is -2.18. The number of hydrogen-bond acceptors (Lipinski definition) is 4. The summed E-state index contributed by atoms with van der Waals surface area (Å²) in [5.41, 5.74) is 3.19. The Kier molecular flexibility index (Phi) is 4.99. The van der Waals surface area contributed by atoms with E-state index >= 15 is 0 Å². The van der Waals surface area contributed by atoms with Gasteiger partial charge in [-0.05, 0) is 55.0 Å². The Hall–Kier alpha value is -3.59. The molecule has 0 atom stereocenters. The van der Waals surface area contributed by atoms with Crippen molar-refractivity contribution < 1.29 is 9.53 Å². The van der Waals surface area contributed by atoms with Crippen LogP contribution in [0.5, 0.6) is 5.75 Å². The number of amides is 1. The van der Waals surface area contributed by atoms with Crippen LogP contribution in [0.4, 0.5) is 5.69 Å². The van der Waals surface area contributed by atoms with Gasteiger partial charge < -0.3 is 9.64 Å². The first-order valence-electron chi connectivity index (χ1n) is 8.00. The third-order valence-electron chi connectivity index (χ3n) is 3.96. The van der Waals surface area contributed by atoms with Crippen molar-refractivity contribution in [2.24, 2.45) is 0 Å². The van der Waals surface area contributed by atoms with Gasteiger partial charge in [-0.25, -0.2) is 9.67 Å². The van der Waals surface area contributed by atoms with E-state index in [0.29, 0.717) is 11.3 Å². The fourth-order valence-electron chi connectivity index (χ4n) is 2.58. The van der Waals surface area contributed by atoms with E-state index in [4.69, 9.17) is 11.2 Å². The summed E-state index contributed by atoms with van der Waals surface area (Å²) in [5.74, 6) is 2.98. The molecular formula is C20H18N4O2. The van der Waals surface area contributed by atoms with Crippen molar-refractivity contribution >= 4 is 11.6 Å². The van der Waals surface area contributed by atoms with E-state index in [2.05, 4.69) is 16.0 Å². The first-order chi connectivity index (χ1) is 12.6. The molecule has 0 bridgehead atoms. The van der Waals surface area contributed by atoms with Gasteiger partial charge in [0.05, 0.1) is 5.69 Å². The van der Waals surface area contributed by atoms with Gasteiger partial charge in [0, 0.05) is 18.3 Å². The van der Waals surface area contributed by atoms with Gasteiger partial charge in [-0.1, -0.05) is 5.92 Å². The molecule has 1 heterocycles. The second kappa shape index (κ2) is 7.53. The lowest BCUT2D eigenvalue weighted by molar-refractivity contribution is 0.0993. The Balaban J connectivity index is 1.78. The number of carbonyl (C=O) groups is 1. The molecule has 6 nitrogen and oxygen atoms in total. The molecular weight excluding hydrogens is 328 g/mol. The first kappa shape index (κ1) is 17.2. The third-order valence-corrected chi connectivity index (χ3v) is 3.96. The van der Waals surface area contributed by atoms with E-state index in [1.165, 1.54) is 6.33 Å². The van der Waals surface area contributed by atoms with E-state index in [9.17, 15) is 4.79 Å². The quantitative estimate of drug-likeness (QED) is 0.667. The molecule has 2 aromatic carbocycles. The molecule has 130 valence electrons. The Morgan fingerprint density at radius 2 is 2.04 bits per heavy atom. The van der Waals surface area contributed by atoms with Gasteiger partial charge in [0.25, 0.3) is 5.91 Å². The van der Waals surface area contributed by atoms with Gasteiger partial charge in [0.1, 0.15) is 25.0 Å². The van der Waals surface area contributed by atoms with Crippen molar-refractivity contribution in [3.8, 4) is 23.8 Å². The van der Waals surface area contributed by atoms with Crippen molar-refractivity contribution in [2.75, 3.05) is 18.6 Å². The van der Waals surface area contributed by atoms with E-state index in [0.717, 1.165) is 16.9 Å². The minimum absolute atomic E-state index is 0.101. The average molecular weight is 346 g/mol. The summed E-state index contributed by atoms with van der Waals surface area (Å²) >= 11 is 0. The number of terminal acetylenes is 1. The minimum atomic E-state index is -0.101. The lowest BCUT2D eigenvalue weighted by atomic mass is 10.1. The SMILES string of the molecule is C#CCOc1ccc(N(C)C(=O)c2ccc(-n3cncn3)c(C)c2)cc1. The van der Waals surface area contributed by atoms with Crippen LogP contribution >= 0.6 is 0 Å². The molecule has 0 spiro atoms. The van der Waals surface area contributed by atoms with Gasteiger partial charge in [0.2, 0.25) is 0 Å². The predicted molar refractivity (Wildman–Crippen MR) is 99.6 cm³/mol. The summed E-state index contributed by atoms with van der Waals surface area (Å²) in [6, 6.07) is 12.7. The number of aryl methyl sites for hydroxylation is 1. The minimum Gasteiger partial charge on any atom is -0.481 e. The van der Waals surface area contributed by atoms with Crippen LogP contribution in [-0.4, -0.2) is 34.3 Å². The smallest absolute Gasteiger partial charge is 0.258 e. The topological polar surface area (TPSA) is 60.2 Å². The summed E-state index contributed by atoms with van der Waals surface area (Å²) in [6.45, 7) is 2.15. The highest BCUT2D eigenvalue weighted by molar-refractivity contribution is 6.06. The Bertz CT molecular complexity index is 941. The molecule has 3 aromatic rings. The van der Waals surface area contributed by atoms with Crippen LogP contribution in [0, 0.1) is 19.3 Å². The second-order valence-corrected chi connectivity index (χ2v) is 5.69. The van der Waals surface area contributed by atoms with E-state index < -0.39 is 0 Å². The van der Waals surface area contributed by atoms with Crippen LogP contribution in [-0.2, 0) is 0 Å². The van der Waals surface area contributed by atoms with Crippen molar-refractivity contribution in [3.63, 3.8) is 0 Å². The molecule has 0 unspecified atom stereocenters. The monoisotopic (exact) mass is 346 g/mol. The molecule has 1 amide bonds. The predicted octanol–water partition coefficient (Wildman–Crippen LogP) is 2.86. The molecule has 26 heavy (non-hydrogen) atoms. The fraction of sp³-hybridized carbons (Fsp3) is 0.150. The van der Waals surface area contributed by atoms with Crippen LogP contribution in [0.1, 0.15) is 15.9 Å². The zero-order valence-corrected chi connectivity index (χ0v) is 14.6. The first-order valence-corrected chi connectivity index (χ1v) is 8.00. The number of nitrogens with zero attached hydrogens (tertiary/aromatic N) is 4. The summed E-state index contributed by atoms with van der Waals surface area (Å²) in [7, 11) is 1.74. The van der Waals surface area contributed by atoms with Gasteiger partial charge in [-0.15, -0.1) is 6.42 Å². The van der Waals surface area contributed by atoms with Crippen molar-refractivity contribution in [1.82, 2.24) is 14.8 Å². The molecule has 0 N–H and O–H groups in total. The highest BCUT2D eigenvalue weighted by Crippen LogP contribution is 2.21. The zero-order chi connectivity index (χ0) is 18.5. The highest BCUT2D eigenvalue weighted by atomic mass is 16.5. The molecule has 0 fully saturated rings. The lowest BCUT2D eigenvalue weighted by Crippen LogP contribution is -2.26. The number of ether oxygens (including phenoxy) is 1. The van der Waals surface area contributed by atoms with E-state index in [-0.39, 0.29) is 12.5 Å². The summed E-state index contributed by atoms with van der Waals surface area (Å²) in [6.07, 6.45) is 8.28. The largest absolute Gasteiger partial charge is 0.481 e. The zero-order valence-electron chi connectivity index (χ0n) is 14.6. The number of aromatic nitrogens is 3. The molecule has 0 radical (unpaired) electrons. The fourth-order valence-corrected chi connectivity index (χ4v) is 2.58. The normalized spacial score (nSPS) is 10.2. The van der Waals surface area contributed by atoms with Crippen molar-refractivity contribution in [3.05, 3.63) is 66.2 Å².